The van der Waals surface area contributed by atoms with Gasteiger partial charge in [-0.1, -0.05) is 17.7 Å². The van der Waals surface area contributed by atoms with Gasteiger partial charge in [-0.3, -0.25) is 14.9 Å². The van der Waals surface area contributed by atoms with Crippen LogP contribution in [0.5, 0.6) is 0 Å². The van der Waals surface area contributed by atoms with E-state index in [1.807, 2.05) is 0 Å². The number of carbonyl (C=O) groups is 3. The summed E-state index contributed by atoms with van der Waals surface area (Å²) in [6.45, 7) is -0.706. The molecule has 0 aliphatic carbocycles. The van der Waals surface area contributed by atoms with E-state index < -0.39 is 30.2 Å². The Morgan fingerprint density at radius 2 is 2.05 bits per heavy atom. The molecule has 1 aromatic carbocycles. The van der Waals surface area contributed by atoms with Crippen molar-refractivity contribution in [2.75, 3.05) is 6.61 Å². The van der Waals surface area contributed by atoms with E-state index in [0.717, 1.165) is 23.5 Å². The summed E-state index contributed by atoms with van der Waals surface area (Å²) in [5, 5.41) is 3.89. The number of esters is 1. The number of halogens is 2. The molecule has 0 aliphatic heterocycles. The fraction of sp³-hybridized carbons (Fsp3) is 0.0714. The van der Waals surface area contributed by atoms with Gasteiger partial charge in [0.15, 0.2) is 6.61 Å². The van der Waals surface area contributed by atoms with Crippen LogP contribution in [0.3, 0.4) is 0 Å². The second-order valence-corrected chi connectivity index (χ2v) is 5.44. The Bertz CT molecular complexity index is 718. The van der Waals surface area contributed by atoms with E-state index in [0.29, 0.717) is 4.88 Å². The zero-order chi connectivity index (χ0) is 16.1. The lowest BCUT2D eigenvalue weighted by Gasteiger charge is -2.06. The summed E-state index contributed by atoms with van der Waals surface area (Å²) in [5.74, 6) is -3.26. The summed E-state index contributed by atoms with van der Waals surface area (Å²) in [7, 11) is 0. The van der Waals surface area contributed by atoms with Gasteiger partial charge in [-0.25, -0.2) is 9.18 Å². The number of rotatable bonds is 4. The van der Waals surface area contributed by atoms with Crippen LogP contribution in [0, 0.1) is 5.82 Å². The van der Waals surface area contributed by atoms with E-state index in [1.165, 1.54) is 6.07 Å². The summed E-state index contributed by atoms with van der Waals surface area (Å²) >= 11 is 6.81. The molecule has 1 heterocycles. The van der Waals surface area contributed by atoms with Crippen molar-refractivity contribution < 1.29 is 23.5 Å². The lowest BCUT2D eigenvalue weighted by molar-refractivity contribution is -0.123. The minimum Gasteiger partial charge on any atom is -0.452 e. The van der Waals surface area contributed by atoms with Crippen molar-refractivity contribution in [2.24, 2.45) is 0 Å². The van der Waals surface area contributed by atoms with Crippen LogP contribution in [-0.4, -0.2) is 24.4 Å². The third-order valence-electron chi connectivity index (χ3n) is 2.48. The normalized spacial score (nSPS) is 10.1. The fourth-order valence-electron chi connectivity index (χ4n) is 1.49. The van der Waals surface area contributed by atoms with Crippen LogP contribution in [0.25, 0.3) is 0 Å². The summed E-state index contributed by atoms with van der Waals surface area (Å²) in [6.07, 6.45) is 0. The van der Waals surface area contributed by atoms with Crippen LogP contribution >= 0.6 is 22.9 Å². The number of thiophene rings is 1. The molecule has 2 aromatic rings. The molecule has 0 atom stereocenters. The average molecular weight is 342 g/mol. The van der Waals surface area contributed by atoms with Crippen molar-refractivity contribution in [2.45, 2.75) is 0 Å². The Balaban J connectivity index is 1.89. The van der Waals surface area contributed by atoms with Gasteiger partial charge in [-0.2, -0.15) is 0 Å². The molecule has 2 rings (SSSR count). The second-order valence-electron chi connectivity index (χ2n) is 4.05. The van der Waals surface area contributed by atoms with E-state index in [4.69, 9.17) is 11.6 Å². The van der Waals surface area contributed by atoms with Gasteiger partial charge in [0, 0.05) is 5.02 Å². The Labute approximate surface area is 133 Å². The first-order valence-corrected chi connectivity index (χ1v) is 7.23. The highest BCUT2D eigenvalue weighted by Gasteiger charge is 2.17. The maximum atomic E-state index is 13.4. The molecule has 8 heteroatoms. The number of nitrogens with one attached hydrogen (secondary N) is 1. The smallest absolute Gasteiger partial charge is 0.341 e. The van der Waals surface area contributed by atoms with Crippen molar-refractivity contribution in [1.29, 1.82) is 0 Å². The third-order valence-corrected chi connectivity index (χ3v) is 3.58. The molecule has 0 aliphatic rings. The Morgan fingerprint density at radius 1 is 1.27 bits per heavy atom. The predicted octanol–water partition coefficient (Wildman–Crippen LogP) is 2.65. The molecule has 2 amide bonds. The van der Waals surface area contributed by atoms with Crippen molar-refractivity contribution >= 4 is 40.7 Å². The summed E-state index contributed by atoms with van der Waals surface area (Å²) in [4.78, 5) is 35.1. The number of amides is 2. The first-order chi connectivity index (χ1) is 10.5. The molecule has 0 spiro atoms. The van der Waals surface area contributed by atoms with E-state index in [2.05, 4.69) is 10.1 Å². The minimum atomic E-state index is -1.04. The largest absolute Gasteiger partial charge is 0.452 e. The predicted molar refractivity (Wildman–Crippen MR) is 78.5 cm³/mol. The van der Waals surface area contributed by atoms with Crippen LogP contribution in [0.2, 0.25) is 5.02 Å². The molecule has 0 fully saturated rings. The maximum absolute atomic E-state index is 13.4. The lowest BCUT2D eigenvalue weighted by atomic mass is 10.2. The molecule has 1 N–H and O–H groups in total. The lowest BCUT2D eigenvalue weighted by Crippen LogP contribution is -2.33. The molecule has 1 aromatic heterocycles. The van der Waals surface area contributed by atoms with Gasteiger partial charge in [0.1, 0.15) is 5.82 Å². The quantitative estimate of drug-likeness (QED) is 0.868. The van der Waals surface area contributed by atoms with E-state index in [1.54, 1.807) is 17.5 Å². The van der Waals surface area contributed by atoms with Crippen LogP contribution in [0.15, 0.2) is 35.7 Å². The summed E-state index contributed by atoms with van der Waals surface area (Å²) in [5.41, 5.74) is -0.384. The van der Waals surface area contributed by atoms with Crippen molar-refractivity contribution in [3.8, 4) is 0 Å². The number of ether oxygens (including phenoxy) is 1. The fourth-order valence-corrected chi connectivity index (χ4v) is 2.29. The molecule has 22 heavy (non-hydrogen) atoms. The highest BCUT2D eigenvalue weighted by molar-refractivity contribution is 7.12. The van der Waals surface area contributed by atoms with Gasteiger partial charge in [0.05, 0.1) is 10.4 Å². The molecule has 5 nitrogen and oxygen atoms in total. The van der Waals surface area contributed by atoms with Gasteiger partial charge in [-0.15, -0.1) is 11.3 Å². The van der Waals surface area contributed by atoms with E-state index in [9.17, 15) is 18.8 Å². The first-order valence-electron chi connectivity index (χ1n) is 5.97. The van der Waals surface area contributed by atoms with Gasteiger partial charge >= 0.3 is 5.97 Å². The van der Waals surface area contributed by atoms with Gasteiger partial charge < -0.3 is 4.74 Å². The van der Waals surface area contributed by atoms with Crippen LogP contribution in [-0.2, 0) is 9.53 Å². The number of imide groups is 1. The molecular weight excluding hydrogens is 333 g/mol. The summed E-state index contributed by atoms with van der Waals surface area (Å²) in [6, 6.07) is 6.58. The second kappa shape index (κ2) is 7.15. The zero-order valence-corrected chi connectivity index (χ0v) is 12.5. The monoisotopic (exact) mass is 341 g/mol. The molecule has 0 unspecified atom stereocenters. The number of benzene rings is 1. The van der Waals surface area contributed by atoms with Crippen LogP contribution in [0.1, 0.15) is 20.0 Å². The number of carbonyl (C=O) groups excluding carboxylic acids is 3. The molecule has 114 valence electrons. The summed E-state index contributed by atoms with van der Waals surface area (Å²) < 4.78 is 18.1. The molecule has 0 saturated carbocycles. The van der Waals surface area contributed by atoms with Crippen molar-refractivity contribution in [3.63, 3.8) is 0 Å². The molecule has 0 radical (unpaired) electrons. The first kappa shape index (κ1) is 16.1. The molecule has 0 bridgehead atoms. The van der Waals surface area contributed by atoms with Crippen LogP contribution in [0.4, 0.5) is 4.39 Å². The Hall–Kier alpha value is -2.25. The molecule has 0 saturated heterocycles. The Kier molecular flexibility index (Phi) is 5.24. The van der Waals surface area contributed by atoms with Gasteiger partial charge in [0.25, 0.3) is 11.8 Å². The van der Waals surface area contributed by atoms with Crippen molar-refractivity contribution in [3.05, 3.63) is 57.0 Å². The third kappa shape index (κ3) is 4.12. The minimum absolute atomic E-state index is 0.158. The van der Waals surface area contributed by atoms with Crippen molar-refractivity contribution in [1.82, 2.24) is 5.32 Å². The SMILES string of the molecule is O=C(COC(=O)c1cc(Cl)ccc1F)NC(=O)c1cccs1. The topological polar surface area (TPSA) is 72.5 Å². The van der Waals surface area contributed by atoms with Crippen LogP contribution < -0.4 is 5.32 Å². The standard InChI is InChI=1S/C14H9ClFNO4S/c15-8-3-4-10(16)9(6-8)14(20)21-7-12(18)17-13(19)11-2-1-5-22-11/h1-6H,7H2,(H,17,18,19). The Morgan fingerprint density at radius 3 is 2.73 bits per heavy atom. The van der Waals surface area contributed by atoms with E-state index in [-0.39, 0.29) is 10.6 Å². The highest BCUT2D eigenvalue weighted by atomic mass is 35.5. The zero-order valence-electron chi connectivity index (χ0n) is 11.0. The highest BCUT2D eigenvalue weighted by Crippen LogP contribution is 2.15. The van der Waals surface area contributed by atoms with E-state index >= 15 is 0 Å². The van der Waals surface area contributed by atoms with Gasteiger partial charge in [-0.05, 0) is 29.6 Å². The molecular formula is C14H9ClFNO4S. The average Bonchev–Trinajstić information content (AvgIpc) is 3.01. The number of hydrogen-bond acceptors (Lipinski definition) is 5. The maximum Gasteiger partial charge on any atom is 0.341 e. The van der Waals surface area contributed by atoms with Gasteiger partial charge in [0.2, 0.25) is 0 Å². The number of hydrogen-bond donors (Lipinski definition) is 1.